The van der Waals surface area contributed by atoms with Crippen LogP contribution in [0.5, 0.6) is 0 Å². The molecule has 1 aromatic rings. The summed E-state index contributed by atoms with van der Waals surface area (Å²) in [7, 11) is 1.38. The van der Waals surface area contributed by atoms with Gasteiger partial charge in [0.1, 0.15) is 5.54 Å². The molecule has 6 heteroatoms. The number of ketones is 1. The summed E-state index contributed by atoms with van der Waals surface area (Å²) >= 11 is 0. The molecule has 0 atom stereocenters. The van der Waals surface area contributed by atoms with E-state index in [2.05, 4.69) is 9.64 Å². The number of ether oxygens (including phenoxy) is 1. The largest absolute Gasteiger partial charge is 0.469 e. The Hall–Kier alpha value is -2.21. The molecular weight excluding hydrogens is 332 g/mol. The van der Waals surface area contributed by atoms with E-state index in [9.17, 15) is 14.4 Å². The maximum Gasteiger partial charge on any atom is 0.306 e. The molecule has 1 fully saturated rings. The van der Waals surface area contributed by atoms with E-state index in [1.165, 1.54) is 7.11 Å². The van der Waals surface area contributed by atoms with Crippen molar-refractivity contribution in [3.63, 3.8) is 0 Å². The number of rotatable bonds is 7. The number of likely N-dealkylation sites (tertiary alicyclic amines) is 1. The van der Waals surface area contributed by atoms with E-state index in [4.69, 9.17) is 0 Å². The highest BCUT2D eigenvalue weighted by Gasteiger charge is 2.46. The van der Waals surface area contributed by atoms with Crippen LogP contribution in [0.3, 0.4) is 0 Å². The van der Waals surface area contributed by atoms with Gasteiger partial charge in [0.15, 0.2) is 5.78 Å². The van der Waals surface area contributed by atoms with Crippen LogP contribution < -0.4 is 4.90 Å². The van der Waals surface area contributed by atoms with Crippen molar-refractivity contribution in [2.75, 3.05) is 31.6 Å². The lowest BCUT2D eigenvalue weighted by atomic mass is 9.81. The molecule has 0 bridgehead atoms. The molecule has 6 nitrogen and oxygen atoms in total. The highest BCUT2D eigenvalue weighted by molar-refractivity contribution is 6.03. The minimum absolute atomic E-state index is 0.00997. The van der Waals surface area contributed by atoms with Gasteiger partial charge in [-0.1, -0.05) is 25.1 Å². The second-order valence-electron chi connectivity index (χ2n) is 6.67. The summed E-state index contributed by atoms with van der Waals surface area (Å²) < 4.78 is 4.69. The quantitative estimate of drug-likeness (QED) is 0.699. The number of methoxy groups -OCH3 is 1. The van der Waals surface area contributed by atoms with Crippen molar-refractivity contribution in [1.82, 2.24) is 4.90 Å². The Labute approximate surface area is 155 Å². The standard InChI is InChI=1S/C20H28N2O4/c1-4-18(24)22(17-8-6-5-7-9-17)20(16(2)23)11-14-21(15-12-20)13-10-19(25)26-3/h5-9H,4,10-15H2,1-3H3. The first kappa shape index (κ1) is 20.1. The Bertz CT molecular complexity index is 636. The van der Waals surface area contributed by atoms with E-state index in [1.807, 2.05) is 37.3 Å². The zero-order valence-corrected chi connectivity index (χ0v) is 15.9. The number of Topliss-reactive ketones (excluding diaryl/α,β-unsaturated/α-hetero) is 1. The van der Waals surface area contributed by atoms with E-state index in [0.29, 0.717) is 45.3 Å². The summed E-state index contributed by atoms with van der Waals surface area (Å²) in [5.41, 5.74) is -0.0616. The molecule has 1 saturated heterocycles. The van der Waals surface area contributed by atoms with Gasteiger partial charge in [0.2, 0.25) is 5.91 Å². The summed E-state index contributed by atoms with van der Waals surface area (Å²) in [6, 6.07) is 9.41. The lowest BCUT2D eigenvalue weighted by Gasteiger charge is -2.47. The van der Waals surface area contributed by atoms with E-state index < -0.39 is 5.54 Å². The van der Waals surface area contributed by atoms with Crippen LogP contribution in [-0.2, 0) is 19.1 Å². The molecular formula is C20H28N2O4. The summed E-state index contributed by atoms with van der Waals surface area (Å²) in [5.74, 6) is -0.273. The average molecular weight is 360 g/mol. The molecule has 0 unspecified atom stereocenters. The molecule has 1 aromatic carbocycles. The zero-order valence-electron chi connectivity index (χ0n) is 15.9. The zero-order chi connectivity index (χ0) is 19.2. The van der Waals surface area contributed by atoms with Crippen LogP contribution in [0.25, 0.3) is 0 Å². The highest BCUT2D eigenvalue weighted by Crippen LogP contribution is 2.35. The fourth-order valence-corrected chi connectivity index (χ4v) is 3.60. The van der Waals surface area contributed by atoms with Crippen LogP contribution in [0.4, 0.5) is 5.69 Å². The van der Waals surface area contributed by atoms with Crippen LogP contribution in [0.2, 0.25) is 0 Å². The summed E-state index contributed by atoms with van der Waals surface area (Å²) in [4.78, 5) is 40.7. The topological polar surface area (TPSA) is 66.9 Å². The lowest BCUT2D eigenvalue weighted by molar-refractivity contribution is -0.141. The van der Waals surface area contributed by atoms with Gasteiger partial charge in [-0.05, 0) is 31.9 Å². The van der Waals surface area contributed by atoms with E-state index in [-0.39, 0.29) is 17.7 Å². The Morgan fingerprint density at radius 1 is 1.15 bits per heavy atom. The Balaban J connectivity index is 2.22. The lowest BCUT2D eigenvalue weighted by Crippen LogP contribution is -2.61. The maximum atomic E-state index is 12.8. The van der Waals surface area contributed by atoms with Crippen molar-refractivity contribution >= 4 is 23.3 Å². The molecule has 2 rings (SSSR count). The molecule has 0 N–H and O–H groups in total. The number of amides is 1. The third-order valence-electron chi connectivity index (χ3n) is 5.19. The molecule has 26 heavy (non-hydrogen) atoms. The van der Waals surface area contributed by atoms with Crippen LogP contribution in [0, 0.1) is 0 Å². The maximum absolute atomic E-state index is 12.8. The molecule has 0 radical (unpaired) electrons. The number of anilines is 1. The number of benzene rings is 1. The first-order chi connectivity index (χ1) is 12.4. The summed E-state index contributed by atoms with van der Waals surface area (Å²) in [5, 5.41) is 0. The molecule has 1 aliphatic heterocycles. The second kappa shape index (κ2) is 8.94. The molecule has 1 aliphatic rings. The van der Waals surface area contributed by atoms with Crippen molar-refractivity contribution in [3.05, 3.63) is 30.3 Å². The highest BCUT2D eigenvalue weighted by atomic mass is 16.5. The van der Waals surface area contributed by atoms with Gasteiger partial charge < -0.3 is 9.64 Å². The molecule has 1 heterocycles. The number of esters is 1. The first-order valence-corrected chi connectivity index (χ1v) is 9.13. The minimum atomic E-state index is -0.823. The van der Waals surface area contributed by atoms with Gasteiger partial charge in [0.25, 0.3) is 0 Å². The molecule has 0 saturated carbocycles. The van der Waals surface area contributed by atoms with Crippen LogP contribution in [0.15, 0.2) is 30.3 Å². The van der Waals surface area contributed by atoms with Gasteiger partial charge in [-0.3, -0.25) is 19.3 Å². The Kier molecular flexibility index (Phi) is 6.91. The number of carbonyl (C=O) groups is 3. The molecule has 0 aromatic heterocycles. The Morgan fingerprint density at radius 2 is 1.77 bits per heavy atom. The minimum Gasteiger partial charge on any atom is -0.469 e. The third kappa shape index (κ3) is 4.30. The summed E-state index contributed by atoms with van der Waals surface area (Å²) in [6.07, 6.45) is 1.80. The predicted octanol–water partition coefficient (Wildman–Crippen LogP) is 2.42. The van der Waals surface area contributed by atoms with Crippen LogP contribution in [-0.4, -0.2) is 54.8 Å². The molecule has 142 valence electrons. The first-order valence-electron chi connectivity index (χ1n) is 9.13. The van der Waals surface area contributed by atoms with Gasteiger partial charge in [-0.25, -0.2) is 0 Å². The SMILES string of the molecule is CCC(=O)N(c1ccccc1)C1(C(C)=O)CCN(CCC(=O)OC)CC1. The van der Waals surface area contributed by atoms with Crippen molar-refractivity contribution in [3.8, 4) is 0 Å². The van der Waals surface area contributed by atoms with Crippen molar-refractivity contribution in [1.29, 1.82) is 0 Å². The molecule has 0 aliphatic carbocycles. The number of hydrogen-bond acceptors (Lipinski definition) is 5. The fourth-order valence-electron chi connectivity index (χ4n) is 3.60. The van der Waals surface area contributed by atoms with E-state index >= 15 is 0 Å². The molecule has 1 amide bonds. The average Bonchev–Trinajstić information content (AvgIpc) is 2.67. The number of para-hydroxylation sites is 1. The van der Waals surface area contributed by atoms with Crippen molar-refractivity contribution < 1.29 is 19.1 Å². The second-order valence-corrected chi connectivity index (χ2v) is 6.67. The number of hydrogen-bond donors (Lipinski definition) is 0. The third-order valence-corrected chi connectivity index (χ3v) is 5.19. The van der Waals surface area contributed by atoms with Gasteiger partial charge >= 0.3 is 5.97 Å². The number of carbonyl (C=O) groups excluding carboxylic acids is 3. The number of piperidine rings is 1. The smallest absolute Gasteiger partial charge is 0.306 e. The predicted molar refractivity (Wildman–Crippen MR) is 99.9 cm³/mol. The molecule has 0 spiro atoms. The fraction of sp³-hybridized carbons (Fsp3) is 0.550. The summed E-state index contributed by atoms with van der Waals surface area (Å²) in [6.45, 7) is 5.32. The van der Waals surface area contributed by atoms with Crippen LogP contribution in [0.1, 0.15) is 39.5 Å². The normalized spacial score (nSPS) is 16.7. The number of nitrogens with zero attached hydrogens (tertiary/aromatic N) is 2. The van der Waals surface area contributed by atoms with Crippen molar-refractivity contribution in [2.24, 2.45) is 0 Å². The van der Waals surface area contributed by atoms with Gasteiger partial charge in [0.05, 0.1) is 13.5 Å². The van der Waals surface area contributed by atoms with Gasteiger partial charge in [0, 0.05) is 31.7 Å². The van der Waals surface area contributed by atoms with Crippen molar-refractivity contribution in [2.45, 2.75) is 45.1 Å². The monoisotopic (exact) mass is 360 g/mol. The van der Waals surface area contributed by atoms with E-state index in [0.717, 1.165) is 5.69 Å². The van der Waals surface area contributed by atoms with E-state index in [1.54, 1.807) is 11.8 Å². The van der Waals surface area contributed by atoms with Gasteiger partial charge in [-0.2, -0.15) is 0 Å². The van der Waals surface area contributed by atoms with Gasteiger partial charge in [-0.15, -0.1) is 0 Å². The van der Waals surface area contributed by atoms with Crippen LogP contribution >= 0.6 is 0 Å². The Morgan fingerprint density at radius 3 is 2.27 bits per heavy atom.